The second-order valence-electron chi connectivity index (χ2n) is 7.86. The van der Waals surface area contributed by atoms with E-state index in [9.17, 15) is 9.90 Å². The van der Waals surface area contributed by atoms with Gasteiger partial charge >= 0.3 is 0 Å². The van der Waals surface area contributed by atoms with Crippen molar-refractivity contribution >= 4 is 16.8 Å². The summed E-state index contributed by atoms with van der Waals surface area (Å²) < 4.78 is 9.62. The quantitative estimate of drug-likeness (QED) is 0.351. The largest absolute Gasteiger partial charge is 0.494 e. The highest BCUT2D eigenvalue weighted by atomic mass is 16.5. The Morgan fingerprint density at radius 3 is 2.75 bits per heavy atom. The third-order valence-electron chi connectivity index (χ3n) is 5.52. The molecule has 7 nitrogen and oxygen atoms in total. The van der Waals surface area contributed by atoms with Gasteiger partial charge in [-0.25, -0.2) is 4.98 Å². The van der Waals surface area contributed by atoms with Gasteiger partial charge in [0.05, 0.1) is 12.9 Å². The molecule has 0 saturated carbocycles. The van der Waals surface area contributed by atoms with Crippen molar-refractivity contribution in [2.24, 2.45) is 5.73 Å². The lowest BCUT2D eigenvalue weighted by molar-refractivity contribution is 0.0905. The molecule has 1 atom stereocenters. The molecule has 0 bridgehead atoms. The Labute approximate surface area is 187 Å². The highest BCUT2D eigenvalue weighted by molar-refractivity contribution is 5.90. The van der Waals surface area contributed by atoms with Crippen LogP contribution < -0.4 is 10.5 Å². The average Bonchev–Trinajstić information content (AvgIpc) is 3.45. The van der Waals surface area contributed by atoms with Gasteiger partial charge in [-0.1, -0.05) is 30.3 Å². The van der Waals surface area contributed by atoms with Gasteiger partial charge < -0.3 is 24.7 Å². The summed E-state index contributed by atoms with van der Waals surface area (Å²) in [6.45, 7) is 1.46. The van der Waals surface area contributed by atoms with Crippen LogP contribution in [0.5, 0.6) is 5.75 Å². The van der Waals surface area contributed by atoms with Gasteiger partial charge in [0, 0.05) is 29.8 Å². The number of fused-ring (bicyclic) bond motifs is 1. The van der Waals surface area contributed by atoms with E-state index in [0.717, 1.165) is 42.5 Å². The van der Waals surface area contributed by atoms with Gasteiger partial charge in [0.15, 0.2) is 0 Å². The average molecular weight is 433 g/mol. The van der Waals surface area contributed by atoms with Crippen LogP contribution in [0.25, 0.3) is 10.9 Å². The van der Waals surface area contributed by atoms with Gasteiger partial charge in [-0.3, -0.25) is 4.79 Å². The zero-order valence-corrected chi connectivity index (χ0v) is 17.9. The van der Waals surface area contributed by atoms with Crippen LogP contribution in [-0.2, 0) is 13.0 Å². The van der Waals surface area contributed by atoms with Gasteiger partial charge in [0.2, 0.25) is 0 Å². The Bertz CT molecular complexity index is 1170. The van der Waals surface area contributed by atoms with Gasteiger partial charge in [0.1, 0.15) is 17.7 Å². The van der Waals surface area contributed by atoms with E-state index in [1.807, 2.05) is 12.1 Å². The van der Waals surface area contributed by atoms with Crippen LogP contribution in [0.2, 0.25) is 0 Å². The lowest BCUT2D eigenvalue weighted by Crippen LogP contribution is -2.12. The Kier molecular flexibility index (Phi) is 6.87. The summed E-state index contributed by atoms with van der Waals surface area (Å²) in [7, 11) is 0. The minimum absolute atomic E-state index is 0.151. The predicted molar refractivity (Wildman–Crippen MR) is 123 cm³/mol. The Balaban J connectivity index is 1.26. The second kappa shape index (κ2) is 10.2. The van der Waals surface area contributed by atoms with E-state index in [0.29, 0.717) is 13.0 Å². The number of primary amides is 1. The van der Waals surface area contributed by atoms with Crippen LogP contribution in [0.15, 0.2) is 73.3 Å². The fraction of sp³-hybridized carbons (Fsp3) is 0.280. The molecule has 4 rings (SSSR count). The second-order valence-corrected chi connectivity index (χ2v) is 7.86. The molecule has 7 heteroatoms. The number of aryl methyl sites for hydroxylation is 2. The number of carbonyl (C=O) groups is 1. The number of amides is 1. The van der Waals surface area contributed by atoms with Crippen molar-refractivity contribution < 1.29 is 14.6 Å². The number of nitrogens with two attached hydrogens (primary N) is 1. The Morgan fingerprint density at radius 2 is 1.97 bits per heavy atom. The van der Waals surface area contributed by atoms with E-state index in [2.05, 4.69) is 58.2 Å². The zero-order chi connectivity index (χ0) is 22.3. The van der Waals surface area contributed by atoms with Crippen molar-refractivity contribution in [3.05, 3.63) is 84.6 Å². The first-order valence-corrected chi connectivity index (χ1v) is 10.9. The van der Waals surface area contributed by atoms with Gasteiger partial charge in [-0.05, 0) is 55.5 Å². The summed E-state index contributed by atoms with van der Waals surface area (Å²) in [6.07, 6.45) is 7.50. The molecule has 0 aliphatic rings. The highest BCUT2D eigenvalue weighted by Crippen LogP contribution is 2.23. The number of imidazole rings is 1. The van der Waals surface area contributed by atoms with Crippen LogP contribution in [0.1, 0.15) is 41.5 Å². The van der Waals surface area contributed by atoms with Crippen molar-refractivity contribution in [3.63, 3.8) is 0 Å². The van der Waals surface area contributed by atoms with Crippen molar-refractivity contribution in [2.75, 3.05) is 6.61 Å². The van der Waals surface area contributed by atoms with E-state index in [1.54, 1.807) is 0 Å². The monoisotopic (exact) mass is 432 g/mol. The number of nitrogens with zero attached hydrogens (tertiary/aromatic N) is 3. The molecule has 2 aromatic heterocycles. The number of carbonyl (C=O) groups excluding carboxylic acids is 1. The van der Waals surface area contributed by atoms with Crippen molar-refractivity contribution in [3.8, 4) is 5.75 Å². The fourth-order valence-electron chi connectivity index (χ4n) is 3.79. The molecule has 2 aromatic carbocycles. The number of aliphatic hydroxyl groups excluding tert-OH is 1. The molecular weight excluding hydrogens is 404 g/mol. The molecule has 0 radical (unpaired) electrons. The molecule has 3 N–H and O–H groups in total. The minimum atomic E-state index is -0.742. The van der Waals surface area contributed by atoms with E-state index in [1.165, 1.54) is 22.7 Å². The van der Waals surface area contributed by atoms with Crippen LogP contribution in [-0.4, -0.2) is 31.7 Å². The van der Waals surface area contributed by atoms with Crippen LogP contribution in [0.4, 0.5) is 0 Å². The third kappa shape index (κ3) is 5.36. The third-order valence-corrected chi connectivity index (χ3v) is 5.52. The number of benzene rings is 2. The van der Waals surface area contributed by atoms with Crippen LogP contribution in [0.3, 0.4) is 0 Å². The molecule has 0 aliphatic carbocycles. The summed E-state index contributed by atoms with van der Waals surface area (Å²) in [6, 6.07) is 18.7. The van der Waals surface area contributed by atoms with Gasteiger partial charge in [-0.2, -0.15) is 0 Å². The highest BCUT2D eigenvalue weighted by Gasteiger charge is 2.11. The number of aliphatic hydroxyl groups is 1. The molecule has 32 heavy (non-hydrogen) atoms. The lowest BCUT2D eigenvalue weighted by Gasteiger charge is -2.12. The molecule has 0 aliphatic heterocycles. The normalized spacial score (nSPS) is 12.2. The summed E-state index contributed by atoms with van der Waals surface area (Å²) in [5, 5.41) is 11.4. The van der Waals surface area contributed by atoms with Crippen molar-refractivity contribution in [1.29, 1.82) is 0 Å². The molecule has 4 aromatic rings. The first-order chi connectivity index (χ1) is 15.6. The Morgan fingerprint density at radius 1 is 1.12 bits per heavy atom. The standard InChI is InChI=1S/C25H28N4O3/c26-25(31)22-17-29(18-27-22)24(30)9-4-13-28-14-12-20-16-21(10-11-23(20)28)32-15-5-8-19-6-2-1-3-7-19/h1-3,6-7,10-12,14,16-18,24,30H,4-5,8-9,13,15H2,(H2,26,31)/t24-/m1/s1. The molecule has 0 saturated heterocycles. The summed E-state index contributed by atoms with van der Waals surface area (Å²) >= 11 is 0. The molecular formula is C25H28N4O3. The number of rotatable bonds is 11. The van der Waals surface area contributed by atoms with E-state index in [-0.39, 0.29) is 5.69 Å². The topological polar surface area (TPSA) is 95.3 Å². The summed E-state index contributed by atoms with van der Waals surface area (Å²) in [4.78, 5) is 15.0. The van der Waals surface area contributed by atoms with E-state index >= 15 is 0 Å². The van der Waals surface area contributed by atoms with E-state index in [4.69, 9.17) is 10.5 Å². The molecule has 0 spiro atoms. The molecule has 1 amide bonds. The van der Waals surface area contributed by atoms with E-state index < -0.39 is 12.1 Å². The maximum absolute atomic E-state index is 11.1. The maximum atomic E-state index is 11.1. The van der Waals surface area contributed by atoms with Crippen molar-refractivity contribution in [1.82, 2.24) is 14.1 Å². The smallest absolute Gasteiger partial charge is 0.268 e. The molecule has 0 fully saturated rings. The molecule has 2 heterocycles. The maximum Gasteiger partial charge on any atom is 0.268 e. The SMILES string of the molecule is NC(=O)c1cn([C@H](O)CCCn2ccc3cc(OCCCc4ccccc4)ccc32)cn1. The molecule has 0 unspecified atom stereocenters. The first-order valence-electron chi connectivity index (χ1n) is 10.9. The lowest BCUT2D eigenvalue weighted by atomic mass is 10.1. The van der Waals surface area contributed by atoms with Gasteiger partial charge in [0.25, 0.3) is 5.91 Å². The first kappa shape index (κ1) is 21.6. The summed E-state index contributed by atoms with van der Waals surface area (Å²) in [5.41, 5.74) is 7.82. The van der Waals surface area contributed by atoms with Crippen LogP contribution in [0, 0.1) is 0 Å². The number of hydrogen-bond donors (Lipinski definition) is 2. The van der Waals surface area contributed by atoms with Crippen molar-refractivity contribution in [2.45, 2.75) is 38.5 Å². The Hall–Kier alpha value is -3.58. The van der Waals surface area contributed by atoms with Crippen LogP contribution >= 0.6 is 0 Å². The summed E-state index contributed by atoms with van der Waals surface area (Å²) in [5.74, 6) is 0.276. The molecule has 166 valence electrons. The minimum Gasteiger partial charge on any atom is -0.494 e. The number of hydrogen-bond acceptors (Lipinski definition) is 4. The predicted octanol–water partition coefficient (Wildman–Crippen LogP) is 3.92. The number of ether oxygens (including phenoxy) is 1. The number of aromatic nitrogens is 3. The fourth-order valence-corrected chi connectivity index (χ4v) is 3.79. The van der Waals surface area contributed by atoms with Gasteiger partial charge in [-0.15, -0.1) is 0 Å². The zero-order valence-electron chi connectivity index (χ0n) is 17.9.